The number of carbonyl (C=O) groups excluding carboxylic acids is 1. The summed E-state index contributed by atoms with van der Waals surface area (Å²) in [6, 6.07) is 7.15. The quantitative estimate of drug-likeness (QED) is 0.790. The first-order valence-corrected chi connectivity index (χ1v) is 9.16. The fourth-order valence-electron chi connectivity index (χ4n) is 2.71. The van der Waals surface area contributed by atoms with Crippen molar-refractivity contribution in [3.05, 3.63) is 45.9 Å². The fraction of sp³-hybridized carbons (Fsp3) is 0.444. The van der Waals surface area contributed by atoms with Crippen molar-refractivity contribution in [2.24, 2.45) is 0 Å². The summed E-state index contributed by atoms with van der Waals surface area (Å²) in [6.45, 7) is 4.83. The number of ether oxygens (including phenoxy) is 2. The highest BCUT2D eigenvalue weighted by atomic mass is 32.1. The van der Waals surface area contributed by atoms with E-state index >= 15 is 0 Å². The maximum absolute atomic E-state index is 12.5. The molecule has 2 heterocycles. The van der Waals surface area contributed by atoms with E-state index in [1.165, 1.54) is 0 Å². The van der Waals surface area contributed by atoms with Gasteiger partial charge in [-0.2, -0.15) is 0 Å². The lowest BCUT2D eigenvalue weighted by Crippen LogP contribution is -2.35. The van der Waals surface area contributed by atoms with Crippen LogP contribution in [0.2, 0.25) is 0 Å². The molecule has 1 aromatic carbocycles. The van der Waals surface area contributed by atoms with Gasteiger partial charge < -0.3 is 14.4 Å². The van der Waals surface area contributed by atoms with Gasteiger partial charge in [0.05, 0.1) is 39.1 Å². The van der Waals surface area contributed by atoms with Crippen LogP contribution in [0.1, 0.15) is 21.1 Å². The van der Waals surface area contributed by atoms with E-state index in [1.54, 1.807) is 54.7 Å². The highest BCUT2D eigenvalue weighted by Crippen LogP contribution is 2.17. The van der Waals surface area contributed by atoms with E-state index in [0.717, 1.165) is 49.3 Å². The molecule has 0 N–H and O–H groups in total. The lowest BCUT2D eigenvalue weighted by molar-refractivity contribution is 0.0341. The summed E-state index contributed by atoms with van der Waals surface area (Å²) in [5, 5.41) is 3.12. The van der Waals surface area contributed by atoms with Crippen molar-refractivity contribution < 1.29 is 14.3 Å². The Hall–Kier alpha value is -1.96. The molecule has 0 spiro atoms. The molecule has 1 amide bonds. The molecule has 1 aromatic heterocycles. The van der Waals surface area contributed by atoms with Crippen molar-refractivity contribution in [2.45, 2.75) is 13.1 Å². The summed E-state index contributed by atoms with van der Waals surface area (Å²) >= 11 is 1.65. The van der Waals surface area contributed by atoms with Crippen LogP contribution in [0.25, 0.3) is 0 Å². The van der Waals surface area contributed by atoms with Crippen molar-refractivity contribution >= 4 is 17.2 Å². The van der Waals surface area contributed by atoms with Crippen LogP contribution in [0.4, 0.5) is 0 Å². The average Bonchev–Trinajstić information content (AvgIpc) is 3.08. The number of hydrogen-bond acceptors (Lipinski definition) is 6. The second-order valence-corrected chi connectivity index (χ2v) is 6.95. The third-order valence-corrected chi connectivity index (χ3v) is 5.03. The first-order valence-electron chi connectivity index (χ1n) is 8.28. The molecule has 0 saturated carbocycles. The minimum absolute atomic E-state index is 0.0228. The highest BCUT2D eigenvalue weighted by molar-refractivity contribution is 7.09. The van der Waals surface area contributed by atoms with E-state index in [2.05, 4.69) is 9.88 Å². The molecular formula is C18H23N3O3S. The van der Waals surface area contributed by atoms with Gasteiger partial charge in [0.15, 0.2) is 0 Å². The third-order valence-electron chi connectivity index (χ3n) is 4.14. The maximum atomic E-state index is 12.5. The average molecular weight is 361 g/mol. The van der Waals surface area contributed by atoms with Crippen LogP contribution in [-0.2, 0) is 17.8 Å². The summed E-state index contributed by atoms with van der Waals surface area (Å²) in [4.78, 5) is 21.2. The van der Waals surface area contributed by atoms with E-state index in [0.29, 0.717) is 12.1 Å². The lowest BCUT2D eigenvalue weighted by atomic mass is 10.2. The van der Waals surface area contributed by atoms with Gasteiger partial charge in [0, 0.05) is 31.1 Å². The second kappa shape index (κ2) is 8.42. The molecule has 6 nitrogen and oxygen atoms in total. The molecule has 1 fully saturated rings. The van der Waals surface area contributed by atoms with Crippen molar-refractivity contribution in [1.82, 2.24) is 14.8 Å². The van der Waals surface area contributed by atoms with Crippen molar-refractivity contribution in [3.63, 3.8) is 0 Å². The van der Waals surface area contributed by atoms with Gasteiger partial charge in [-0.15, -0.1) is 11.3 Å². The van der Waals surface area contributed by atoms with Gasteiger partial charge in [-0.1, -0.05) is 0 Å². The van der Waals surface area contributed by atoms with Gasteiger partial charge in [0.25, 0.3) is 5.91 Å². The standard InChI is InChI=1S/C18H23N3O3S/c1-20(18(22)14-3-5-16(23-2)6-4-14)11-15-13-25-17(19-15)12-21-7-9-24-10-8-21/h3-6,13H,7-12H2,1-2H3. The van der Waals surface area contributed by atoms with Crippen molar-refractivity contribution in [3.8, 4) is 5.75 Å². The summed E-state index contributed by atoms with van der Waals surface area (Å²) in [7, 11) is 3.41. The number of morpholine rings is 1. The molecule has 0 bridgehead atoms. The smallest absolute Gasteiger partial charge is 0.253 e. The molecule has 1 saturated heterocycles. The molecule has 2 aromatic rings. The minimum atomic E-state index is -0.0228. The predicted molar refractivity (Wildman–Crippen MR) is 97.0 cm³/mol. The third kappa shape index (κ3) is 4.78. The molecule has 1 aliphatic heterocycles. The molecule has 3 rings (SSSR count). The largest absolute Gasteiger partial charge is 0.497 e. The Bertz CT molecular complexity index is 696. The fourth-order valence-corrected chi connectivity index (χ4v) is 3.54. The van der Waals surface area contributed by atoms with Crippen molar-refractivity contribution in [1.29, 1.82) is 0 Å². The number of benzene rings is 1. The molecule has 0 atom stereocenters. The second-order valence-electron chi connectivity index (χ2n) is 6.01. The number of hydrogen-bond donors (Lipinski definition) is 0. The number of methoxy groups -OCH3 is 1. The molecular weight excluding hydrogens is 338 g/mol. The minimum Gasteiger partial charge on any atom is -0.497 e. The Labute approximate surface area is 152 Å². The van der Waals surface area contributed by atoms with E-state index in [9.17, 15) is 4.79 Å². The monoisotopic (exact) mass is 361 g/mol. The normalized spacial score (nSPS) is 15.1. The summed E-state index contributed by atoms with van der Waals surface area (Å²) in [6.07, 6.45) is 0. The van der Waals surface area contributed by atoms with Crippen LogP contribution in [-0.4, -0.2) is 61.2 Å². The Morgan fingerprint density at radius 2 is 2.04 bits per heavy atom. The van der Waals surface area contributed by atoms with Crippen LogP contribution in [0.5, 0.6) is 5.75 Å². The molecule has 0 aliphatic carbocycles. The predicted octanol–water partition coefficient (Wildman–Crippen LogP) is 2.26. The van der Waals surface area contributed by atoms with Crippen LogP contribution in [0, 0.1) is 0 Å². The number of amides is 1. The number of carbonyl (C=O) groups is 1. The number of thiazole rings is 1. The lowest BCUT2D eigenvalue weighted by Gasteiger charge is -2.25. The first-order chi connectivity index (χ1) is 12.2. The van der Waals surface area contributed by atoms with Crippen LogP contribution in [0.3, 0.4) is 0 Å². The molecule has 25 heavy (non-hydrogen) atoms. The summed E-state index contributed by atoms with van der Waals surface area (Å²) in [5.41, 5.74) is 1.57. The van der Waals surface area contributed by atoms with E-state index in [-0.39, 0.29) is 5.91 Å². The van der Waals surface area contributed by atoms with E-state index in [1.807, 2.05) is 5.38 Å². The number of aromatic nitrogens is 1. The van der Waals surface area contributed by atoms with E-state index < -0.39 is 0 Å². The number of rotatable bonds is 6. The van der Waals surface area contributed by atoms with Gasteiger partial charge in [-0.25, -0.2) is 4.98 Å². The molecule has 134 valence electrons. The summed E-state index contributed by atoms with van der Waals surface area (Å²) < 4.78 is 10.5. The van der Waals surface area contributed by atoms with Gasteiger partial charge >= 0.3 is 0 Å². The Balaban J connectivity index is 1.56. The van der Waals surface area contributed by atoms with Gasteiger partial charge in [0.2, 0.25) is 0 Å². The van der Waals surface area contributed by atoms with Gasteiger partial charge in [-0.3, -0.25) is 9.69 Å². The van der Waals surface area contributed by atoms with Gasteiger partial charge in [-0.05, 0) is 24.3 Å². The van der Waals surface area contributed by atoms with Crippen LogP contribution in [0.15, 0.2) is 29.6 Å². The topological polar surface area (TPSA) is 54.9 Å². The highest BCUT2D eigenvalue weighted by Gasteiger charge is 2.16. The maximum Gasteiger partial charge on any atom is 0.253 e. The zero-order chi connectivity index (χ0) is 17.6. The van der Waals surface area contributed by atoms with Crippen LogP contribution >= 0.6 is 11.3 Å². The molecule has 0 unspecified atom stereocenters. The SMILES string of the molecule is COc1ccc(C(=O)N(C)Cc2csc(CN3CCOCC3)n2)cc1. The van der Waals surface area contributed by atoms with Gasteiger partial charge in [0.1, 0.15) is 10.8 Å². The molecule has 0 radical (unpaired) electrons. The zero-order valence-corrected chi connectivity index (χ0v) is 15.4. The Kier molecular flexibility index (Phi) is 6.01. The molecule has 1 aliphatic rings. The van der Waals surface area contributed by atoms with Crippen molar-refractivity contribution in [2.75, 3.05) is 40.5 Å². The number of nitrogens with zero attached hydrogens (tertiary/aromatic N) is 3. The Morgan fingerprint density at radius 3 is 2.72 bits per heavy atom. The van der Waals surface area contributed by atoms with Crippen LogP contribution < -0.4 is 4.74 Å². The first kappa shape index (κ1) is 17.8. The Morgan fingerprint density at radius 1 is 1.32 bits per heavy atom. The van der Waals surface area contributed by atoms with E-state index in [4.69, 9.17) is 9.47 Å². The summed E-state index contributed by atoms with van der Waals surface area (Å²) in [5.74, 6) is 0.719. The molecule has 7 heteroatoms. The zero-order valence-electron chi connectivity index (χ0n) is 14.6.